The summed E-state index contributed by atoms with van der Waals surface area (Å²) in [5.74, 6) is -6.37. The zero-order valence-electron chi connectivity index (χ0n) is 8.95. The number of carbonyl (C=O) groups is 3. The molecule has 6 N–H and O–H groups in total. The summed E-state index contributed by atoms with van der Waals surface area (Å²) in [5, 5.41) is 33.9. The molecule has 96 valence electrons. The molecule has 0 atom stereocenters. The van der Waals surface area contributed by atoms with E-state index in [9.17, 15) is 14.4 Å². The highest BCUT2D eigenvalue weighted by molar-refractivity contribution is 5.95. The van der Waals surface area contributed by atoms with E-state index in [1.165, 1.54) is 0 Å². The molecule has 0 aromatic heterocycles. The highest BCUT2D eigenvalue weighted by Crippen LogP contribution is 2.12. The first-order valence-corrected chi connectivity index (χ1v) is 4.07. The number of rotatable bonds is 4. The average Bonchev–Trinajstić information content (AvgIpc) is 2.12. The number of nitrogens with two attached hydrogens (primary N) is 1. The van der Waals surface area contributed by atoms with Crippen molar-refractivity contribution in [2.24, 2.45) is 5.73 Å². The van der Waals surface area contributed by atoms with Crippen LogP contribution in [-0.2, 0) is 14.4 Å². The van der Waals surface area contributed by atoms with Gasteiger partial charge in [-0.15, -0.1) is 0 Å². The van der Waals surface area contributed by atoms with Crippen molar-refractivity contribution in [2.75, 3.05) is 0 Å². The van der Waals surface area contributed by atoms with Crippen LogP contribution in [0, 0.1) is 0 Å². The van der Waals surface area contributed by atoms with Crippen LogP contribution in [0.4, 0.5) is 0 Å². The fourth-order valence-electron chi connectivity index (χ4n) is 0.525. The van der Waals surface area contributed by atoms with Gasteiger partial charge < -0.3 is 26.2 Å². The third-order valence-electron chi connectivity index (χ3n) is 1.21. The number of hydrogen-bond acceptors (Lipinski definition) is 5. The van der Waals surface area contributed by atoms with Crippen LogP contribution < -0.4 is 5.73 Å². The van der Waals surface area contributed by atoms with Gasteiger partial charge in [0.2, 0.25) is 5.91 Å². The number of carboxylic acids is 2. The maximum atomic E-state index is 10.2. The maximum Gasteiger partial charge on any atom is 0.337 e. The van der Waals surface area contributed by atoms with Crippen molar-refractivity contribution in [3.63, 3.8) is 0 Å². The predicted molar refractivity (Wildman–Crippen MR) is 55.6 cm³/mol. The van der Waals surface area contributed by atoms with E-state index in [1.807, 2.05) is 0 Å². The number of carbonyl (C=O) groups excluding carboxylic acids is 1. The largest absolute Gasteiger partial charge is 0.478 e. The Labute approximate surface area is 96.3 Å². The normalized spacial score (nSPS) is 10.9. The lowest BCUT2D eigenvalue weighted by Crippen LogP contribution is -2.31. The summed E-state index contributed by atoms with van der Waals surface area (Å²) in [4.78, 5) is 29.7. The van der Waals surface area contributed by atoms with E-state index in [4.69, 9.17) is 20.4 Å². The average molecular weight is 247 g/mol. The molecule has 0 spiro atoms. The minimum absolute atomic E-state index is 0.225. The Hall–Kier alpha value is -2.19. The zero-order chi connectivity index (χ0) is 14.2. The van der Waals surface area contributed by atoms with Gasteiger partial charge in [0.25, 0.3) is 0 Å². The van der Waals surface area contributed by atoms with E-state index in [2.05, 4.69) is 12.3 Å². The van der Waals surface area contributed by atoms with Gasteiger partial charge >= 0.3 is 11.9 Å². The first kappa shape index (κ1) is 17.2. The van der Waals surface area contributed by atoms with Crippen LogP contribution >= 0.6 is 0 Å². The lowest BCUT2D eigenvalue weighted by molar-refractivity contribution is -0.149. The lowest BCUT2D eigenvalue weighted by Gasteiger charge is -2.15. The summed E-state index contributed by atoms with van der Waals surface area (Å²) >= 11 is 0. The van der Waals surface area contributed by atoms with E-state index >= 15 is 0 Å². The van der Waals surface area contributed by atoms with Crippen molar-refractivity contribution in [2.45, 2.75) is 12.7 Å². The molecular weight excluding hydrogens is 234 g/mol. The number of hydrogen-bond donors (Lipinski definition) is 5. The van der Waals surface area contributed by atoms with Gasteiger partial charge in [-0.05, 0) is 13.0 Å². The summed E-state index contributed by atoms with van der Waals surface area (Å²) in [7, 11) is 0. The summed E-state index contributed by atoms with van der Waals surface area (Å²) in [6, 6.07) is 0. The number of carboxylic acid groups (broad SMARTS) is 2. The molecule has 0 unspecified atom stereocenters. The number of aliphatic hydroxyl groups is 2. The molecule has 0 fully saturated rings. The molecule has 8 nitrogen and oxygen atoms in total. The summed E-state index contributed by atoms with van der Waals surface area (Å²) in [6.45, 7) is 3.85. The van der Waals surface area contributed by atoms with Crippen molar-refractivity contribution in [1.82, 2.24) is 0 Å². The minimum Gasteiger partial charge on any atom is -0.478 e. The van der Waals surface area contributed by atoms with Crippen LogP contribution in [0.25, 0.3) is 0 Å². The second-order valence-electron chi connectivity index (χ2n) is 2.83. The molecule has 0 saturated heterocycles. The fourth-order valence-corrected chi connectivity index (χ4v) is 0.525. The van der Waals surface area contributed by atoms with Crippen LogP contribution in [0.2, 0.25) is 0 Å². The Kier molecular flexibility index (Phi) is 7.23. The standard InChI is InChI=1S/C6H8O6.C3H5NO/c1-6(11,12)3(5(9)10)2-4(7)8;1-2-3(4)5/h2,11-12H,1H3,(H,7,8)(H,9,10);2H,1H2,(H2,4,5)/b3-2+;. The first-order valence-electron chi connectivity index (χ1n) is 4.07. The Bertz CT molecular complexity index is 351. The van der Waals surface area contributed by atoms with Gasteiger partial charge in [-0.25, -0.2) is 9.59 Å². The van der Waals surface area contributed by atoms with Gasteiger partial charge in [0, 0.05) is 6.08 Å². The number of amides is 1. The molecule has 0 aliphatic heterocycles. The Morgan fingerprint density at radius 3 is 1.65 bits per heavy atom. The molecule has 0 saturated carbocycles. The molecule has 17 heavy (non-hydrogen) atoms. The molecular formula is C9H13NO7. The van der Waals surface area contributed by atoms with Crippen LogP contribution in [0.5, 0.6) is 0 Å². The van der Waals surface area contributed by atoms with Gasteiger partial charge in [-0.1, -0.05) is 6.58 Å². The quantitative estimate of drug-likeness (QED) is 0.297. The molecule has 0 bridgehead atoms. The molecule has 0 aromatic carbocycles. The number of aliphatic carboxylic acids is 2. The topological polar surface area (TPSA) is 158 Å². The van der Waals surface area contributed by atoms with Crippen LogP contribution in [0.15, 0.2) is 24.3 Å². The van der Waals surface area contributed by atoms with E-state index in [-0.39, 0.29) is 6.08 Å². The lowest BCUT2D eigenvalue weighted by atomic mass is 10.1. The van der Waals surface area contributed by atoms with Crippen LogP contribution in [0.3, 0.4) is 0 Å². The smallest absolute Gasteiger partial charge is 0.337 e. The maximum absolute atomic E-state index is 10.2. The van der Waals surface area contributed by atoms with E-state index < -0.39 is 29.2 Å². The van der Waals surface area contributed by atoms with Crippen LogP contribution in [0.1, 0.15) is 6.92 Å². The Morgan fingerprint density at radius 2 is 1.59 bits per heavy atom. The molecule has 0 aliphatic rings. The summed E-state index contributed by atoms with van der Waals surface area (Å²) in [6.07, 6.45) is 1.28. The summed E-state index contributed by atoms with van der Waals surface area (Å²) in [5.41, 5.74) is 3.54. The second kappa shape index (κ2) is 7.14. The third-order valence-corrected chi connectivity index (χ3v) is 1.21. The van der Waals surface area contributed by atoms with E-state index in [0.29, 0.717) is 0 Å². The van der Waals surface area contributed by atoms with Crippen molar-refractivity contribution in [3.8, 4) is 0 Å². The highest BCUT2D eigenvalue weighted by Gasteiger charge is 2.28. The Morgan fingerprint density at radius 1 is 1.24 bits per heavy atom. The molecule has 0 radical (unpaired) electrons. The molecule has 1 amide bonds. The van der Waals surface area contributed by atoms with Gasteiger partial charge in [-0.2, -0.15) is 0 Å². The molecule has 0 aliphatic carbocycles. The van der Waals surface area contributed by atoms with Crippen LogP contribution in [-0.4, -0.2) is 44.1 Å². The van der Waals surface area contributed by atoms with E-state index in [1.54, 1.807) is 0 Å². The van der Waals surface area contributed by atoms with Gasteiger partial charge in [0.15, 0.2) is 5.79 Å². The van der Waals surface area contributed by atoms with Gasteiger partial charge in [-0.3, -0.25) is 4.79 Å². The molecule has 0 heterocycles. The van der Waals surface area contributed by atoms with Gasteiger partial charge in [0.05, 0.1) is 0 Å². The van der Waals surface area contributed by atoms with Crippen molar-refractivity contribution < 1.29 is 34.8 Å². The van der Waals surface area contributed by atoms with E-state index in [0.717, 1.165) is 13.0 Å². The molecule has 0 aromatic rings. The number of primary amides is 1. The monoisotopic (exact) mass is 247 g/mol. The van der Waals surface area contributed by atoms with Crippen molar-refractivity contribution >= 4 is 17.8 Å². The van der Waals surface area contributed by atoms with Gasteiger partial charge in [0.1, 0.15) is 5.57 Å². The minimum atomic E-state index is -2.65. The third kappa shape index (κ3) is 10.1. The zero-order valence-corrected chi connectivity index (χ0v) is 8.95. The molecule has 0 rings (SSSR count). The fraction of sp³-hybridized carbons (Fsp3) is 0.222. The van der Waals surface area contributed by atoms with Crippen molar-refractivity contribution in [1.29, 1.82) is 0 Å². The predicted octanol–water partition coefficient (Wildman–Crippen LogP) is -1.56. The molecule has 8 heteroatoms. The Balaban J connectivity index is 0. The summed E-state index contributed by atoms with van der Waals surface area (Å²) < 4.78 is 0. The first-order chi connectivity index (χ1) is 7.52. The highest BCUT2D eigenvalue weighted by atomic mass is 16.5. The van der Waals surface area contributed by atoms with Crippen molar-refractivity contribution in [3.05, 3.63) is 24.3 Å². The SMILES string of the molecule is C=CC(N)=O.CC(O)(O)/C(=C/C(=O)O)C(=O)O. The second-order valence-corrected chi connectivity index (χ2v) is 2.83.